The lowest BCUT2D eigenvalue weighted by Gasteiger charge is -2.40. The number of nitrogens with one attached hydrogen (secondary N) is 2. The maximum atomic E-state index is 11.1. The first-order chi connectivity index (χ1) is 14.0. The van der Waals surface area contributed by atoms with Crippen LogP contribution in [0.15, 0.2) is 45.8 Å². The van der Waals surface area contributed by atoms with Crippen molar-refractivity contribution < 1.29 is 9.21 Å². The van der Waals surface area contributed by atoms with Crippen molar-refractivity contribution in [2.45, 2.75) is 25.4 Å². The quantitative estimate of drug-likeness (QED) is 0.496. The van der Waals surface area contributed by atoms with Crippen LogP contribution in [-0.4, -0.2) is 44.0 Å². The largest absolute Gasteiger partial charge is 0.454 e. The summed E-state index contributed by atoms with van der Waals surface area (Å²) in [6.07, 6.45) is 2.29. The summed E-state index contributed by atoms with van der Waals surface area (Å²) in [7, 11) is 3.89. The number of furan rings is 1. The highest BCUT2D eigenvalue weighted by molar-refractivity contribution is 6.30. The predicted octanol–water partition coefficient (Wildman–Crippen LogP) is 2.78. The summed E-state index contributed by atoms with van der Waals surface area (Å²) in [6, 6.07) is 11.7. The summed E-state index contributed by atoms with van der Waals surface area (Å²) in [4.78, 5) is 17.8. The van der Waals surface area contributed by atoms with E-state index in [2.05, 4.69) is 39.7 Å². The highest BCUT2D eigenvalue weighted by atomic mass is 35.5. The molecule has 1 aliphatic heterocycles. The first kappa shape index (κ1) is 21.2. The Balaban J connectivity index is 1.60. The molecule has 2 aromatic rings. The zero-order valence-electron chi connectivity index (χ0n) is 16.8. The second-order valence-corrected chi connectivity index (χ2v) is 7.76. The Hall–Kier alpha value is -2.51. The molecule has 1 aromatic heterocycles. The molecule has 29 heavy (non-hydrogen) atoms. The fourth-order valence-corrected chi connectivity index (χ4v) is 4.11. The van der Waals surface area contributed by atoms with Crippen LogP contribution >= 0.6 is 11.6 Å². The number of aliphatic imine (C=N–C) groups is 1. The monoisotopic (exact) mass is 417 g/mol. The predicted molar refractivity (Wildman–Crippen MR) is 115 cm³/mol. The molecule has 0 saturated carbocycles. The van der Waals surface area contributed by atoms with Gasteiger partial charge < -0.3 is 20.8 Å². The second-order valence-electron chi connectivity index (χ2n) is 7.32. The number of carbonyl (C=O) groups excluding carboxylic acids is 1. The smallest absolute Gasteiger partial charge is 0.284 e. The number of guanidine groups is 1. The highest BCUT2D eigenvalue weighted by Gasteiger charge is 2.30. The minimum atomic E-state index is -0.577. The van der Waals surface area contributed by atoms with E-state index in [0.717, 1.165) is 31.0 Å². The third-order valence-corrected chi connectivity index (χ3v) is 5.52. The Bertz CT molecular complexity index is 866. The van der Waals surface area contributed by atoms with E-state index in [1.165, 1.54) is 5.56 Å². The third-order valence-electron chi connectivity index (χ3n) is 5.29. The summed E-state index contributed by atoms with van der Waals surface area (Å²) in [5.74, 6) is 1.30. The normalized spacial score (nSPS) is 20.4. The number of nitrogens with zero attached hydrogens (tertiary/aromatic N) is 2. The van der Waals surface area contributed by atoms with Crippen LogP contribution in [0.3, 0.4) is 0 Å². The average Bonchev–Trinajstić information content (AvgIpc) is 3.17. The summed E-state index contributed by atoms with van der Waals surface area (Å²) in [5.41, 5.74) is 6.46. The SMILES string of the molecule is CN=C(NCc1ccc(C(N)=O)o1)NCC1CCCN(C)C1c1cccc(Cl)c1. The Labute approximate surface area is 176 Å². The number of hydrogen-bond acceptors (Lipinski definition) is 4. The molecule has 8 heteroatoms. The summed E-state index contributed by atoms with van der Waals surface area (Å²) >= 11 is 6.23. The number of nitrogens with two attached hydrogens (primary N) is 1. The first-order valence-corrected chi connectivity index (χ1v) is 10.1. The molecule has 156 valence electrons. The van der Waals surface area contributed by atoms with E-state index in [4.69, 9.17) is 21.8 Å². The molecule has 2 atom stereocenters. The van der Waals surface area contributed by atoms with Crippen LogP contribution < -0.4 is 16.4 Å². The Morgan fingerprint density at radius 3 is 2.86 bits per heavy atom. The number of hydrogen-bond donors (Lipinski definition) is 3. The summed E-state index contributed by atoms with van der Waals surface area (Å²) < 4.78 is 5.40. The summed E-state index contributed by atoms with van der Waals surface area (Å²) in [6.45, 7) is 2.27. The van der Waals surface area contributed by atoms with Gasteiger partial charge in [-0.2, -0.15) is 0 Å². The molecule has 2 unspecified atom stereocenters. The molecule has 1 saturated heterocycles. The molecule has 1 aliphatic rings. The van der Waals surface area contributed by atoms with E-state index in [1.54, 1.807) is 19.2 Å². The van der Waals surface area contributed by atoms with Gasteiger partial charge in [-0.15, -0.1) is 0 Å². The van der Waals surface area contributed by atoms with Crippen molar-refractivity contribution in [2.24, 2.45) is 16.6 Å². The van der Waals surface area contributed by atoms with Crippen LogP contribution in [0.4, 0.5) is 0 Å². The van der Waals surface area contributed by atoms with Crippen molar-refractivity contribution in [3.8, 4) is 0 Å². The maximum Gasteiger partial charge on any atom is 0.284 e. The standard InChI is InChI=1S/C21H28ClN5O2/c1-24-21(26-13-17-8-9-18(29-17)20(23)28)25-12-15-6-4-10-27(2)19(15)14-5-3-7-16(22)11-14/h3,5,7-9,11,15,19H,4,6,10,12-13H2,1-2H3,(H2,23,28)(H2,24,25,26). The van der Waals surface area contributed by atoms with Crippen molar-refractivity contribution in [1.82, 2.24) is 15.5 Å². The lowest BCUT2D eigenvalue weighted by Crippen LogP contribution is -2.44. The molecular weight excluding hydrogens is 390 g/mol. The number of benzene rings is 1. The number of likely N-dealkylation sites (tertiary alicyclic amines) is 1. The van der Waals surface area contributed by atoms with Crippen molar-refractivity contribution in [3.63, 3.8) is 0 Å². The van der Waals surface area contributed by atoms with E-state index in [-0.39, 0.29) is 5.76 Å². The van der Waals surface area contributed by atoms with Gasteiger partial charge in [0.1, 0.15) is 5.76 Å². The third kappa shape index (κ3) is 5.52. The fraction of sp³-hybridized carbons (Fsp3) is 0.429. The number of carbonyl (C=O) groups is 1. The van der Waals surface area contributed by atoms with Gasteiger partial charge in [0.25, 0.3) is 5.91 Å². The Morgan fingerprint density at radius 2 is 2.17 bits per heavy atom. The van der Waals surface area contributed by atoms with Crippen molar-refractivity contribution in [2.75, 3.05) is 27.2 Å². The topological polar surface area (TPSA) is 95.9 Å². The van der Waals surface area contributed by atoms with Crippen LogP contribution in [0.1, 0.15) is 40.8 Å². The zero-order valence-corrected chi connectivity index (χ0v) is 17.6. The van der Waals surface area contributed by atoms with Gasteiger partial charge >= 0.3 is 0 Å². The number of halogens is 1. The van der Waals surface area contributed by atoms with Crippen LogP contribution in [0.2, 0.25) is 5.02 Å². The lowest BCUT2D eigenvalue weighted by molar-refractivity contribution is 0.0972. The minimum absolute atomic E-state index is 0.152. The molecule has 7 nitrogen and oxygen atoms in total. The molecule has 0 aliphatic carbocycles. The molecular formula is C21H28ClN5O2. The number of primary amides is 1. The molecule has 3 rings (SSSR count). The lowest BCUT2D eigenvalue weighted by atomic mass is 9.85. The van der Waals surface area contributed by atoms with Gasteiger partial charge in [-0.05, 0) is 62.2 Å². The van der Waals surface area contributed by atoms with Crippen LogP contribution in [0.25, 0.3) is 0 Å². The van der Waals surface area contributed by atoms with E-state index in [1.807, 2.05) is 12.1 Å². The van der Waals surface area contributed by atoms with Gasteiger partial charge in [-0.25, -0.2) is 0 Å². The molecule has 1 aromatic carbocycles. The maximum absolute atomic E-state index is 11.1. The molecule has 0 bridgehead atoms. The average molecular weight is 418 g/mol. The van der Waals surface area contributed by atoms with E-state index in [9.17, 15) is 4.79 Å². The molecule has 1 fully saturated rings. The second kappa shape index (κ2) is 9.80. The number of amides is 1. The number of rotatable bonds is 6. The van der Waals surface area contributed by atoms with Crippen LogP contribution in [0.5, 0.6) is 0 Å². The summed E-state index contributed by atoms with van der Waals surface area (Å²) in [5, 5.41) is 7.39. The Morgan fingerprint density at radius 1 is 1.34 bits per heavy atom. The van der Waals surface area contributed by atoms with Crippen LogP contribution in [-0.2, 0) is 6.54 Å². The van der Waals surface area contributed by atoms with Gasteiger partial charge in [0.2, 0.25) is 0 Å². The van der Waals surface area contributed by atoms with Gasteiger partial charge in [-0.1, -0.05) is 23.7 Å². The van der Waals surface area contributed by atoms with E-state index >= 15 is 0 Å². The van der Waals surface area contributed by atoms with E-state index in [0.29, 0.717) is 30.2 Å². The van der Waals surface area contributed by atoms with Gasteiger partial charge in [-0.3, -0.25) is 14.7 Å². The minimum Gasteiger partial charge on any atom is -0.454 e. The zero-order chi connectivity index (χ0) is 20.8. The Kier molecular flexibility index (Phi) is 7.17. The van der Waals surface area contributed by atoms with Crippen molar-refractivity contribution in [3.05, 3.63) is 58.5 Å². The molecule has 0 spiro atoms. The van der Waals surface area contributed by atoms with Gasteiger partial charge in [0.15, 0.2) is 11.7 Å². The highest BCUT2D eigenvalue weighted by Crippen LogP contribution is 2.35. The van der Waals surface area contributed by atoms with E-state index < -0.39 is 5.91 Å². The fourth-order valence-electron chi connectivity index (χ4n) is 3.92. The van der Waals surface area contributed by atoms with Crippen molar-refractivity contribution in [1.29, 1.82) is 0 Å². The number of piperidine rings is 1. The molecule has 2 heterocycles. The molecule has 0 radical (unpaired) electrons. The van der Waals surface area contributed by atoms with Gasteiger partial charge in [0.05, 0.1) is 6.54 Å². The molecule has 1 amide bonds. The first-order valence-electron chi connectivity index (χ1n) is 9.76. The molecule has 4 N–H and O–H groups in total. The van der Waals surface area contributed by atoms with Gasteiger partial charge in [0, 0.05) is 24.7 Å². The van der Waals surface area contributed by atoms with Crippen molar-refractivity contribution >= 4 is 23.5 Å². The van der Waals surface area contributed by atoms with Crippen LogP contribution in [0, 0.1) is 5.92 Å².